The quantitative estimate of drug-likeness (QED) is 0.720. The van der Waals surface area contributed by atoms with Crippen molar-refractivity contribution in [3.8, 4) is 5.75 Å². The Bertz CT molecular complexity index is 1040. The fourth-order valence-corrected chi connectivity index (χ4v) is 2.59. The first-order valence-corrected chi connectivity index (χ1v) is 8.11. The summed E-state index contributed by atoms with van der Waals surface area (Å²) in [5, 5.41) is 3.29. The van der Waals surface area contributed by atoms with Crippen molar-refractivity contribution in [2.75, 3.05) is 5.32 Å². The van der Waals surface area contributed by atoms with Gasteiger partial charge >= 0.3 is 5.63 Å². The Labute approximate surface area is 149 Å². The van der Waals surface area contributed by atoms with Crippen LogP contribution in [0.3, 0.4) is 0 Å². The number of rotatable bonds is 4. The van der Waals surface area contributed by atoms with Crippen molar-refractivity contribution in [2.45, 2.75) is 26.9 Å². The minimum Gasteiger partial charge on any atom is -0.481 e. The molecule has 0 saturated carbocycles. The molecular weight excluding hydrogens is 337 g/mol. The van der Waals surface area contributed by atoms with Crippen molar-refractivity contribution < 1.29 is 18.3 Å². The lowest BCUT2D eigenvalue weighted by Gasteiger charge is -2.15. The van der Waals surface area contributed by atoms with Gasteiger partial charge in [-0.1, -0.05) is 6.07 Å². The van der Waals surface area contributed by atoms with E-state index in [1.54, 1.807) is 38.1 Å². The first-order chi connectivity index (χ1) is 12.3. The number of nitrogens with one attached hydrogen (secondary N) is 1. The molecule has 3 rings (SSSR count). The third-order valence-electron chi connectivity index (χ3n) is 3.99. The summed E-state index contributed by atoms with van der Waals surface area (Å²) in [5.41, 5.74) is 1.58. The average molecular weight is 355 g/mol. The molecule has 1 aromatic heterocycles. The topological polar surface area (TPSA) is 68.5 Å². The third kappa shape index (κ3) is 3.74. The summed E-state index contributed by atoms with van der Waals surface area (Å²) < 4.78 is 24.6. The average Bonchev–Trinajstić information content (AvgIpc) is 2.56. The fraction of sp³-hybridized carbons (Fsp3) is 0.200. The van der Waals surface area contributed by atoms with E-state index < -0.39 is 23.5 Å². The van der Waals surface area contributed by atoms with Crippen molar-refractivity contribution in [3.63, 3.8) is 0 Å². The molecule has 0 aliphatic rings. The highest BCUT2D eigenvalue weighted by Gasteiger charge is 2.17. The van der Waals surface area contributed by atoms with Gasteiger partial charge in [0.15, 0.2) is 6.10 Å². The molecular formula is C20H18FNO4. The highest BCUT2D eigenvalue weighted by molar-refractivity contribution is 5.94. The van der Waals surface area contributed by atoms with Gasteiger partial charge in [-0.2, -0.15) is 0 Å². The zero-order valence-corrected chi connectivity index (χ0v) is 14.6. The molecule has 0 bridgehead atoms. The Balaban J connectivity index is 1.76. The highest BCUT2D eigenvalue weighted by Crippen LogP contribution is 2.23. The van der Waals surface area contributed by atoms with Gasteiger partial charge in [0.2, 0.25) is 0 Å². The number of hydrogen-bond donors (Lipinski definition) is 1. The zero-order chi connectivity index (χ0) is 18.8. The van der Waals surface area contributed by atoms with Gasteiger partial charge in [0.05, 0.1) is 5.69 Å². The monoisotopic (exact) mass is 355 g/mol. The van der Waals surface area contributed by atoms with Gasteiger partial charge in [-0.05, 0) is 56.2 Å². The maximum absolute atomic E-state index is 13.9. The van der Waals surface area contributed by atoms with E-state index in [-0.39, 0.29) is 5.69 Å². The van der Waals surface area contributed by atoms with Crippen LogP contribution in [-0.2, 0) is 4.79 Å². The highest BCUT2D eigenvalue weighted by atomic mass is 19.1. The molecule has 1 amide bonds. The van der Waals surface area contributed by atoms with E-state index in [9.17, 15) is 14.0 Å². The Morgan fingerprint density at radius 1 is 1.15 bits per heavy atom. The van der Waals surface area contributed by atoms with Gasteiger partial charge in [-0.25, -0.2) is 9.18 Å². The Kier molecular flexibility index (Phi) is 4.75. The molecule has 2 aromatic carbocycles. The molecule has 0 radical (unpaired) electrons. The summed E-state index contributed by atoms with van der Waals surface area (Å²) in [6, 6.07) is 11.0. The number of anilines is 1. The minimum atomic E-state index is -0.871. The molecule has 1 unspecified atom stereocenters. The van der Waals surface area contributed by atoms with E-state index >= 15 is 0 Å². The van der Waals surface area contributed by atoms with E-state index in [0.717, 1.165) is 16.5 Å². The molecule has 0 aliphatic heterocycles. The van der Waals surface area contributed by atoms with Crippen molar-refractivity contribution in [1.29, 1.82) is 0 Å². The van der Waals surface area contributed by atoms with Gasteiger partial charge in [0, 0.05) is 17.5 Å². The van der Waals surface area contributed by atoms with Crippen LogP contribution < -0.4 is 15.7 Å². The second kappa shape index (κ2) is 7.00. The summed E-state index contributed by atoms with van der Waals surface area (Å²) >= 11 is 0. The van der Waals surface area contributed by atoms with Crippen LogP contribution in [0, 0.1) is 19.7 Å². The van der Waals surface area contributed by atoms with Crippen molar-refractivity contribution in [3.05, 3.63) is 69.8 Å². The number of benzene rings is 2. The number of hydrogen-bond acceptors (Lipinski definition) is 4. The Morgan fingerprint density at radius 2 is 1.92 bits per heavy atom. The Morgan fingerprint density at radius 3 is 2.65 bits per heavy atom. The standard InChI is InChI=1S/C20H18FNO4/c1-11-4-7-17(16(21)8-11)22-20(24)13(3)25-14-5-6-15-12(2)9-19(23)26-18(15)10-14/h4-10,13H,1-3H3,(H,22,24). The predicted molar refractivity (Wildman–Crippen MR) is 97.1 cm³/mol. The number of fused-ring (bicyclic) bond motifs is 1. The lowest BCUT2D eigenvalue weighted by molar-refractivity contribution is -0.122. The molecule has 26 heavy (non-hydrogen) atoms. The van der Waals surface area contributed by atoms with Crippen molar-refractivity contribution in [1.82, 2.24) is 0 Å². The molecule has 6 heteroatoms. The summed E-state index contributed by atoms with van der Waals surface area (Å²) in [6.07, 6.45) is -0.871. The van der Waals surface area contributed by atoms with E-state index in [0.29, 0.717) is 11.3 Å². The maximum Gasteiger partial charge on any atom is 0.336 e. The first kappa shape index (κ1) is 17.7. The van der Waals surface area contributed by atoms with E-state index in [1.165, 1.54) is 18.2 Å². The summed E-state index contributed by atoms with van der Waals surface area (Å²) in [5.74, 6) is -0.620. The molecule has 0 aliphatic carbocycles. The number of halogens is 1. The summed E-state index contributed by atoms with van der Waals surface area (Å²) in [6.45, 7) is 5.13. The van der Waals surface area contributed by atoms with Crippen LogP contribution >= 0.6 is 0 Å². The number of carbonyl (C=O) groups excluding carboxylic acids is 1. The lowest BCUT2D eigenvalue weighted by Crippen LogP contribution is -2.30. The number of aryl methyl sites for hydroxylation is 2. The second-order valence-electron chi connectivity index (χ2n) is 6.14. The van der Waals surface area contributed by atoms with Crippen LogP contribution in [0.1, 0.15) is 18.1 Å². The molecule has 3 aromatic rings. The third-order valence-corrected chi connectivity index (χ3v) is 3.99. The molecule has 0 saturated heterocycles. The Hall–Kier alpha value is -3.15. The molecule has 134 valence electrons. The smallest absolute Gasteiger partial charge is 0.336 e. The predicted octanol–water partition coefficient (Wildman–Crippen LogP) is 3.95. The fourth-order valence-electron chi connectivity index (χ4n) is 2.59. The molecule has 0 spiro atoms. The van der Waals surface area contributed by atoms with Crippen LogP contribution in [0.2, 0.25) is 0 Å². The van der Waals surface area contributed by atoms with E-state index in [4.69, 9.17) is 9.15 Å². The van der Waals surface area contributed by atoms with Crippen LogP contribution in [0.5, 0.6) is 5.75 Å². The molecule has 5 nitrogen and oxygen atoms in total. The zero-order valence-electron chi connectivity index (χ0n) is 14.6. The molecule has 1 heterocycles. The number of carbonyl (C=O) groups is 1. The molecule has 0 fully saturated rings. The van der Waals surface area contributed by atoms with E-state index in [2.05, 4.69) is 5.32 Å². The van der Waals surface area contributed by atoms with Crippen molar-refractivity contribution in [2.24, 2.45) is 0 Å². The van der Waals surface area contributed by atoms with Gasteiger partial charge in [0.1, 0.15) is 17.1 Å². The van der Waals surface area contributed by atoms with Crippen LogP contribution in [-0.4, -0.2) is 12.0 Å². The summed E-state index contributed by atoms with van der Waals surface area (Å²) in [4.78, 5) is 23.7. The van der Waals surface area contributed by atoms with Gasteiger partial charge < -0.3 is 14.5 Å². The normalized spacial score (nSPS) is 12.0. The maximum atomic E-state index is 13.9. The summed E-state index contributed by atoms with van der Waals surface area (Å²) in [7, 11) is 0. The molecule has 1 N–H and O–H groups in total. The largest absolute Gasteiger partial charge is 0.481 e. The van der Waals surface area contributed by atoms with Gasteiger partial charge in [-0.15, -0.1) is 0 Å². The van der Waals surface area contributed by atoms with Crippen LogP contribution in [0.15, 0.2) is 51.7 Å². The van der Waals surface area contributed by atoms with Gasteiger partial charge in [0.25, 0.3) is 5.91 Å². The van der Waals surface area contributed by atoms with Crippen LogP contribution in [0.4, 0.5) is 10.1 Å². The van der Waals surface area contributed by atoms with Crippen LogP contribution in [0.25, 0.3) is 11.0 Å². The lowest BCUT2D eigenvalue weighted by atomic mass is 10.1. The molecule has 1 atom stereocenters. The SMILES string of the molecule is Cc1ccc(NC(=O)C(C)Oc2ccc3c(C)cc(=O)oc3c2)c(F)c1. The number of ether oxygens (including phenoxy) is 1. The second-order valence-corrected chi connectivity index (χ2v) is 6.14. The van der Waals surface area contributed by atoms with E-state index in [1.807, 2.05) is 6.92 Å². The number of amides is 1. The van der Waals surface area contributed by atoms with Gasteiger partial charge in [-0.3, -0.25) is 4.79 Å². The van der Waals surface area contributed by atoms with Crippen molar-refractivity contribution >= 4 is 22.6 Å². The first-order valence-electron chi connectivity index (χ1n) is 8.11. The minimum absolute atomic E-state index is 0.0937.